The van der Waals surface area contributed by atoms with E-state index >= 15 is 0 Å². The first-order chi connectivity index (χ1) is 11.6. The Hall–Kier alpha value is -3.48. The summed E-state index contributed by atoms with van der Waals surface area (Å²) in [6, 6.07) is 10.8. The lowest BCUT2D eigenvalue weighted by Crippen LogP contribution is -2.17. The minimum Gasteiger partial charge on any atom is -0.507 e. The van der Waals surface area contributed by atoms with Crippen molar-refractivity contribution < 1.29 is 9.50 Å². The molecule has 0 amide bonds. The number of nitrogens with one attached hydrogen (secondary N) is 1. The van der Waals surface area contributed by atoms with Gasteiger partial charge in [-0.25, -0.2) is 9.37 Å². The van der Waals surface area contributed by atoms with Gasteiger partial charge in [0.1, 0.15) is 28.9 Å². The number of phenolic OH excluding ortho intramolecular Hbond substituents is 1. The van der Waals surface area contributed by atoms with E-state index in [1.54, 1.807) is 24.3 Å². The first-order valence-electron chi connectivity index (χ1n) is 7.14. The fraction of sp³-hybridized carbons (Fsp3) is 0. The van der Waals surface area contributed by atoms with Gasteiger partial charge in [0.25, 0.3) is 5.56 Å². The maximum Gasteiger partial charge on any atom is 0.298 e. The second kappa shape index (κ2) is 5.31. The van der Waals surface area contributed by atoms with Gasteiger partial charge in [-0.2, -0.15) is 9.78 Å². The molecule has 24 heavy (non-hydrogen) atoms. The highest BCUT2D eigenvalue weighted by Crippen LogP contribution is 2.22. The molecule has 0 aliphatic heterocycles. The zero-order valence-electron chi connectivity index (χ0n) is 12.3. The summed E-state index contributed by atoms with van der Waals surface area (Å²) in [6.45, 7) is 0. The van der Waals surface area contributed by atoms with Gasteiger partial charge in [0, 0.05) is 16.5 Å². The first-order valence-corrected chi connectivity index (χ1v) is 7.14. The summed E-state index contributed by atoms with van der Waals surface area (Å²) in [6.07, 6.45) is 2.63. The van der Waals surface area contributed by atoms with Crippen LogP contribution in [0.2, 0.25) is 0 Å². The van der Waals surface area contributed by atoms with E-state index < -0.39 is 11.4 Å². The van der Waals surface area contributed by atoms with Gasteiger partial charge < -0.3 is 10.1 Å². The van der Waals surface area contributed by atoms with Crippen LogP contribution in [0.15, 0.2) is 58.7 Å². The fourth-order valence-electron chi connectivity index (χ4n) is 2.52. The van der Waals surface area contributed by atoms with E-state index in [-0.39, 0.29) is 11.3 Å². The first kappa shape index (κ1) is 14.1. The monoisotopic (exact) mass is 322 g/mol. The van der Waals surface area contributed by atoms with Crippen LogP contribution in [0.25, 0.3) is 21.9 Å². The highest BCUT2D eigenvalue weighted by atomic mass is 19.1. The van der Waals surface area contributed by atoms with Crippen molar-refractivity contribution in [3.05, 3.63) is 70.5 Å². The summed E-state index contributed by atoms with van der Waals surface area (Å²) in [5, 5.41) is 14.3. The lowest BCUT2D eigenvalue weighted by Gasteiger charge is -1.99. The number of benzene rings is 2. The molecule has 0 aliphatic rings. The van der Waals surface area contributed by atoms with Crippen molar-refractivity contribution in [1.29, 1.82) is 0 Å². The van der Waals surface area contributed by atoms with Crippen LogP contribution < -0.4 is 5.56 Å². The third-order valence-electron chi connectivity index (χ3n) is 3.71. The van der Waals surface area contributed by atoms with Gasteiger partial charge in [-0.05, 0) is 30.3 Å². The van der Waals surface area contributed by atoms with Gasteiger partial charge in [0.15, 0.2) is 0 Å². The van der Waals surface area contributed by atoms with Gasteiger partial charge in [-0.15, -0.1) is 0 Å². The van der Waals surface area contributed by atoms with Gasteiger partial charge >= 0.3 is 0 Å². The van der Waals surface area contributed by atoms with E-state index in [0.29, 0.717) is 22.0 Å². The molecule has 4 rings (SSSR count). The fourth-order valence-corrected chi connectivity index (χ4v) is 2.52. The second-order valence-corrected chi connectivity index (χ2v) is 5.24. The van der Waals surface area contributed by atoms with Crippen LogP contribution in [0.4, 0.5) is 4.39 Å². The topological polar surface area (TPSA) is 83.3 Å². The number of halogens is 1. The highest BCUT2D eigenvalue weighted by molar-refractivity contribution is 6.04. The Bertz CT molecular complexity index is 1160. The summed E-state index contributed by atoms with van der Waals surface area (Å²) in [5.41, 5.74) is 1.32. The number of H-pyrrole nitrogens is 1. The molecular weight excluding hydrogens is 311 g/mol. The van der Waals surface area contributed by atoms with E-state index in [1.165, 1.54) is 30.7 Å². The molecule has 7 heteroatoms. The predicted octanol–water partition coefficient (Wildman–Crippen LogP) is 2.60. The molecule has 0 radical (unpaired) electrons. The average molecular weight is 322 g/mol. The Labute approximate surface area is 134 Å². The van der Waals surface area contributed by atoms with Crippen LogP contribution in [0.3, 0.4) is 0 Å². The van der Waals surface area contributed by atoms with Crippen molar-refractivity contribution in [2.75, 3.05) is 0 Å². The van der Waals surface area contributed by atoms with Crippen molar-refractivity contribution >= 4 is 28.2 Å². The Morgan fingerprint density at radius 1 is 1.25 bits per heavy atom. The van der Waals surface area contributed by atoms with Crippen molar-refractivity contribution in [2.24, 2.45) is 5.10 Å². The van der Waals surface area contributed by atoms with Gasteiger partial charge in [0.05, 0.1) is 6.21 Å². The van der Waals surface area contributed by atoms with E-state index in [2.05, 4.69) is 15.1 Å². The number of fused-ring (bicyclic) bond motifs is 3. The maximum absolute atomic E-state index is 13.4. The van der Waals surface area contributed by atoms with Crippen molar-refractivity contribution in [3.8, 4) is 5.75 Å². The van der Waals surface area contributed by atoms with Crippen molar-refractivity contribution in [2.45, 2.75) is 0 Å². The molecule has 4 aromatic rings. The summed E-state index contributed by atoms with van der Waals surface area (Å²) in [4.78, 5) is 19.6. The molecule has 2 aromatic heterocycles. The molecule has 6 nitrogen and oxygen atoms in total. The number of aromatic hydroxyl groups is 1. The molecule has 2 N–H and O–H groups in total. The SMILES string of the molecule is O=c1c2[nH]c3ccc(F)cc3c2ncn1/N=C\c1ccccc1O. The lowest BCUT2D eigenvalue weighted by atomic mass is 10.2. The summed E-state index contributed by atoms with van der Waals surface area (Å²) >= 11 is 0. The summed E-state index contributed by atoms with van der Waals surface area (Å²) < 4.78 is 14.5. The molecule has 0 bridgehead atoms. The number of phenols is 1. The lowest BCUT2D eigenvalue weighted by molar-refractivity contribution is 0.474. The standard InChI is InChI=1S/C17H11FN4O2/c18-11-5-6-13-12(7-11)15-16(21-13)17(24)22(9-19-15)20-8-10-3-1-2-4-14(10)23/h1-9,21,23H/b20-8-. The summed E-state index contributed by atoms with van der Waals surface area (Å²) in [7, 11) is 0. The zero-order chi connectivity index (χ0) is 16.7. The second-order valence-electron chi connectivity index (χ2n) is 5.24. The number of nitrogens with zero attached hydrogens (tertiary/aromatic N) is 3. The minimum absolute atomic E-state index is 0.0597. The Morgan fingerprint density at radius 2 is 2.08 bits per heavy atom. The van der Waals surface area contributed by atoms with E-state index in [1.807, 2.05) is 0 Å². The molecule has 118 valence electrons. The number of rotatable bonds is 2. The van der Waals surface area contributed by atoms with Crippen molar-refractivity contribution in [1.82, 2.24) is 14.6 Å². The van der Waals surface area contributed by atoms with Crippen LogP contribution in [0.1, 0.15) is 5.56 Å². The third kappa shape index (κ3) is 2.23. The number of aromatic nitrogens is 3. The van der Waals surface area contributed by atoms with Crippen LogP contribution >= 0.6 is 0 Å². The van der Waals surface area contributed by atoms with E-state index in [9.17, 15) is 14.3 Å². The van der Waals surface area contributed by atoms with Crippen molar-refractivity contribution in [3.63, 3.8) is 0 Å². The number of hydrogen-bond acceptors (Lipinski definition) is 4. The molecule has 2 heterocycles. The molecule has 0 saturated heterocycles. The maximum atomic E-state index is 13.4. The van der Waals surface area contributed by atoms with Crippen LogP contribution in [0, 0.1) is 5.82 Å². The largest absolute Gasteiger partial charge is 0.507 e. The van der Waals surface area contributed by atoms with Crippen LogP contribution in [-0.4, -0.2) is 26.0 Å². The van der Waals surface area contributed by atoms with Gasteiger partial charge in [-0.1, -0.05) is 12.1 Å². The quantitative estimate of drug-likeness (QED) is 0.556. The Balaban J connectivity index is 1.86. The summed E-state index contributed by atoms with van der Waals surface area (Å²) in [5.74, 6) is -0.337. The predicted molar refractivity (Wildman–Crippen MR) is 88.9 cm³/mol. The molecule has 0 atom stereocenters. The molecule has 0 fully saturated rings. The Morgan fingerprint density at radius 3 is 2.92 bits per heavy atom. The minimum atomic E-state index is -0.414. The number of aromatic amines is 1. The van der Waals surface area contributed by atoms with Crippen LogP contribution in [-0.2, 0) is 0 Å². The van der Waals surface area contributed by atoms with Crippen LogP contribution in [0.5, 0.6) is 5.75 Å². The molecule has 0 saturated carbocycles. The van der Waals surface area contributed by atoms with Gasteiger partial charge in [-0.3, -0.25) is 4.79 Å². The Kier molecular flexibility index (Phi) is 3.13. The van der Waals surface area contributed by atoms with Gasteiger partial charge in [0.2, 0.25) is 0 Å². The number of hydrogen-bond donors (Lipinski definition) is 2. The van der Waals surface area contributed by atoms with E-state index in [4.69, 9.17) is 0 Å². The number of para-hydroxylation sites is 1. The molecular formula is C17H11FN4O2. The van der Waals surface area contributed by atoms with E-state index in [0.717, 1.165) is 4.68 Å². The third-order valence-corrected chi connectivity index (χ3v) is 3.71. The molecule has 0 unspecified atom stereocenters. The molecule has 0 spiro atoms. The zero-order valence-corrected chi connectivity index (χ0v) is 12.3. The average Bonchev–Trinajstić information content (AvgIpc) is 2.94. The normalized spacial score (nSPS) is 11.7. The highest BCUT2D eigenvalue weighted by Gasteiger charge is 2.11. The molecule has 2 aromatic carbocycles. The molecule has 0 aliphatic carbocycles. The smallest absolute Gasteiger partial charge is 0.298 e.